The van der Waals surface area contributed by atoms with Crippen LogP contribution in [0, 0.1) is 35.5 Å². The monoisotopic (exact) mass is 510 g/mol. The molecule has 4 nitrogen and oxygen atoms in total. The predicted molar refractivity (Wildman–Crippen MR) is 128 cm³/mol. The number of benzene rings is 1. The molecule has 8 aliphatic rings. The molecule has 0 unspecified atom stereocenters. The van der Waals surface area contributed by atoms with Gasteiger partial charge in [0.15, 0.2) is 0 Å². The van der Waals surface area contributed by atoms with E-state index in [1.807, 2.05) is 0 Å². The second-order valence-corrected chi connectivity index (χ2v) is 18.4. The molecule has 0 aromatic heterocycles. The maximum absolute atomic E-state index is 16.0. The van der Waals surface area contributed by atoms with Gasteiger partial charge in [-0.3, -0.25) is 0 Å². The molecule has 9 rings (SSSR count). The summed E-state index contributed by atoms with van der Waals surface area (Å²) in [5.41, 5.74) is 0.984. The van der Waals surface area contributed by atoms with E-state index >= 15 is 4.57 Å². The summed E-state index contributed by atoms with van der Waals surface area (Å²) in [4.78, 5) is -0.175. The SMILES string of the molecule is O=P(Cc1ccc(S(=O)(=O)[O-])cc1)(C12CC3CC(CC(C3)C1)C2)C12CC3CC(CC(C3)C1)C2.[Na+]. The minimum absolute atomic E-state index is 0. The Morgan fingerprint density at radius 3 is 1.32 bits per heavy atom. The van der Waals surface area contributed by atoms with Crippen LogP contribution in [0.2, 0.25) is 0 Å². The van der Waals surface area contributed by atoms with E-state index < -0.39 is 17.3 Å². The van der Waals surface area contributed by atoms with Gasteiger partial charge in [-0.2, -0.15) is 0 Å². The van der Waals surface area contributed by atoms with Gasteiger partial charge in [-0.05, 0) is 130 Å². The Labute approximate surface area is 226 Å². The van der Waals surface area contributed by atoms with Gasteiger partial charge in [-0.1, -0.05) is 12.1 Å². The predicted octanol–water partition coefficient (Wildman–Crippen LogP) is 3.40. The van der Waals surface area contributed by atoms with Gasteiger partial charge in [0.05, 0.1) is 4.90 Å². The molecule has 8 bridgehead atoms. The van der Waals surface area contributed by atoms with Crippen molar-refractivity contribution in [2.45, 2.75) is 98.4 Å². The zero-order valence-electron chi connectivity index (χ0n) is 20.5. The minimum atomic E-state index is -4.46. The van der Waals surface area contributed by atoms with Crippen molar-refractivity contribution in [3.05, 3.63) is 29.8 Å². The van der Waals surface area contributed by atoms with Crippen LogP contribution in [0.3, 0.4) is 0 Å². The Morgan fingerprint density at radius 1 is 0.706 bits per heavy atom. The topological polar surface area (TPSA) is 74.3 Å². The van der Waals surface area contributed by atoms with Gasteiger partial charge in [0.1, 0.15) is 17.3 Å². The van der Waals surface area contributed by atoms with Gasteiger partial charge in [-0.15, -0.1) is 0 Å². The van der Waals surface area contributed by atoms with Crippen molar-refractivity contribution in [2.24, 2.45) is 35.5 Å². The molecule has 0 N–H and O–H groups in total. The third kappa shape index (κ3) is 3.65. The molecule has 1 aromatic carbocycles. The fourth-order valence-electron chi connectivity index (χ4n) is 10.9. The fourth-order valence-corrected chi connectivity index (χ4v) is 17.1. The van der Waals surface area contributed by atoms with Crippen molar-refractivity contribution in [1.82, 2.24) is 0 Å². The summed E-state index contributed by atoms with van der Waals surface area (Å²) in [5, 5.41) is 0.0212. The molecule has 180 valence electrons. The third-order valence-electron chi connectivity index (χ3n) is 11.2. The van der Waals surface area contributed by atoms with Crippen molar-refractivity contribution in [3.8, 4) is 0 Å². The molecule has 0 saturated heterocycles. The van der Waals surface area contributed by atoms with Crippen molar-refractivity contribution in [1.29, 1.82) is 0 Å². The van der Waals surface area contributed by atoms with E-state index in [1.165, 1.54) is 89.2 Å². The van der Waals surface area contributed by atoms with Gasteiger partial charge in [0, 0.05) is 16.5 Å². The van der Waals surface area contributed by atoms with Crippen molar-refractivity contribution in [3.63, 3.8) is 0 Å². The van der Waals surface area contributed by atoms with E-state index in [-0.39, 0.29) is 44.8 Å². The van der Waals surface area contributed by atoms with Crippen molar-refractivity contribution >= 4 is 17.3 Å². The molecule has 0 heterocycles. The molecule has 0 aliphatic heterocycles. The summed E-state index contributed by atoms with van der Waals surface area (Å²) < 4.78 is 50.4. The Bertz CT molecular complexity index is 1010. The van der Waals surface area contributed by atoms with E-state index in [4.69, 9.17) is 0 Å². The summed E-state index contributed by atoms with van der Waals surface area (Å²) in [7, 11) is -7.08. The summed E-state index contributed by atoms with van der Waals surface area (Å²) >= 11 is 0. The van der Waals surface area contributed by atoms with E-state index in [9.17, 15) is 13.0 Å². The molecule has 8 saturated carbocycles. The van der Waals surface area contributed by atoms with Crippen LogP contribution in [0.5, 0.6) is 0 Å². The summed E-state index contributed by atoms with van der Waals surface area (Å²) in [5.74, 6) is 4.62. The van der Waals surface area contributed by atoms with Crippen LogP contribution in [0.1, 0.15) is 82.6 Å². The summed E-state index contributed by atoms with van der Waals surface area (Å²) in [6.07, 6.45) is 15.8. The van der Waals surface area contributed by atoms with Crippen molar-refractivity contribution < 1.29 is 47.1 Å². The minimum Gasteiger partial charge on any atom is -0.744 e. The maximum Gasteiger partial charge on any atom is 1.00 e. The maximum atomic E-state index is 16.0. The van der Waals surface area contributed by atoms with E-state index in [0.29, 0.717) is 6.16 Å². The zero-order chi connectivity index (χ0) is 22.6. The standard InChI is InChI=1S/C27H37O4PS.Na/c28-32(17-18-1-3-25(4-2-18)33(29,30)31,26-11-19-5-20(12-26)7-21(6-19)13-26)27-14-22-8-23(15-27)10-24(9-22)16-27;/h1-4,19-24H,5-17H2,(H,29,30,31);/q;+1/p-1. The van der Waals surface area contributed by atoms with Crippen LogP contribution >= 0.6 is 7.14 Å². The summed E-state index contributed by atoms with van der Waals surface area (Å²) in [6, 6.07) is 6.47. The zero-order valence-corrected chi connectivity index (χ0v) is 24.2. The van der Waals surface area contributed by atoms with E-state index in [0.717, 1.165) is 41.1 Å². The van der Waals surface area contributed by atoms with Crippen LogP contribution < -0.4 is 29.6 Å². The first kappa shape index (κ1) is 24.7. The Morgan fingerprint density at radius 2 is 1.03 bits per heavy atom. The van der Waals surface area contributed by atoms with Crippen LogP contribution in [0.25, 0.3) is 0 Å². The fraction of sp³-hybridized carbons (Fsp3) is 0.778. The Kier molecular flexibility index (Phi) is 5.94. The molecule has 0 radical (unpaired) electrons. The quantitative estimate of drug-likeness (QED) is 0.346. The number of hydrogen-bond acceptors (Lipinski definition) is 4. The van der Waals surface area contributed by atoms with Gasteiger partial charge in [0.2, 0.25) is 0 Å². The second-order valence-electron chi connectivity index (χ2n) is 13.3. The first-order valence-corrected chi connectivity index (χ1v) is 16.6. The molecule has 1 aromatic rings. The van der Waals surface area contributed by atoms with Crippen LogP contribution in [-0.2, 0) is 20.8 Å². The smallest absolute Gasteiger partial charge is 0.744 e. The number of hydrogen-bond donors (Lipinski definition) is 0. The van der Waals surface area contributed by atoms with E-state index in [2.05, 4.69) is 0 Å². The first-order valence-electron chi connectivity index (χ1n) is 13.3. The van der Waals surface area contributed by atoms with E-state index in [1.54, 1.807) is 12.1 Å². The normalized spacial score (nSPS) is 45.7. The Hall–Kier alpha value is 0.360. The molecular weight excluding hydrogens is 474 g/mol. The number of rotatable bonds is 5. The first-order chi connectivity index (χ1) is 15.7. The summed E-state index contributed by atoms with van der Waals surface area (Å²) in [6.45, 7) is 0. The van der Waals surface area contributed by atoms with Crippen LogP contribution in [0.15, 0.2) is 29.2 Å². The van der Waals surface area contributed by atoms with Gasteiger partial charge in [0.25, 0.3) is 0 Å². The second kappa shape index (κ2) is 8.18. The van der Waals surface area contributed by atoms with Crippen molar-refractivity contribution in [2.75, 3.05) is 0 Å². The average molecular weight is 511 g/mol. The molecule has 34 heavy (non-hydrogen) atoms. The van der Waals surface area contributed by atoms with Gasteiger partial charge >= 0.3 is 29.6 Å². The van der Waals surface area contributed by atoms with Gasteiger partial charge in [-0.25, -0.2) is 8.42 Å². The Balaban J connectivity index is 0.00000217. The molecular formula is C27H36NaO4PS. The molecule has 8 fully saturated rings. The third-order valence-corrected chi connectivity index (χ3v) is 17.0. The molecule has 0 atom stereocenters. The van der Waals surface area contributed by atoms with Crippen LogP contribution in [-0.4, -0.2) is 23.3 Å². The largest absolute Gasteiger partial charge is 1.00 e. The van der Waals surface area contributed by atoms with Gasteiger partial charge < -0.3 is 9.12 Å². The molecule has 0 amide bonds. The molecule has 0 spiro atoms. The van der Waals surface area contributed by atoms with Crippen LogP contribution in [0.4, 0.5) is 0 Å². The molecule has 7 heteroatoms. The molecule has 8 aliphatic carbocycles. The average Bonchev–Trinajstić information content (AvgIpc) is 2.71.